The maximum absolute atomic E-state index is 13.1. The topological polar surface area (TPSA) is 75.7 Å². The highest BCUT2D eigenvalue weighted by Gasteiger charge is 2.27. The van der Waals surface area contributed by atoms with Crippen LogP contribution in [0.25, 0.3) is 10.8 Å². The van der Waals surface area contributed by atoms with Gasteiger partial charge in [-0.2, -0.15) is 4.31 Å². The van der Waals surface area contributed by atoms with Crippen molar-refractivity contribution in [1.29, 1.82) is 0 Å². The van der Waals surface area contributed by atoms with Crippen LogP contribution in [0.1, 0.15) is 20.8 Å². The van der Waals surface area contributed by atoms with Crippen LogP contribution in [-0.4, -0.2) is 44.9 Å². The molecule has 1 amide bonds. The molecule has 136 valence electrons. The van der Waals surface area contributed by atoms with E-state index in [1.165, 1.54) is 4.31 Å². The number of likely N-dealkylation sites (N-methyl/N-ethyl adjacent to an activating group) is 2. The van der Waals surface area contributed by atoms with Gasteiger partial charge in [0.05, 0.1) is 18.0 Å². The molecule has 0 bridgehead atoms. The molecule has 0 aliphatic rings. The van der Waals surface area contributed by atoms with Crippen molar-refractivity contribution in [3.8, 4) is 5.75 Å². The number of hydrogen-bond acceptors (Lipinski definition) is 4. The average Bonchev–Trinajstić information content (AvgIpc) is 2.60. The van der Waals surface area contributed by atoms with Crippen molar-refractivity contribution in [1.82, 2.24) is 9.62 Å². The minimum absolute atomic E-state index is 0.178. The Labute approximate surface area is 148 Å². The first-order valence-electron chi connectivity index (χ1n) is 8.37. The lowest BCUT2D eigenvalue weighted by Crippen LogP contribution is -2.40. The van der Waals surface area contributed by atoms with Gasteiger partial charge in [-0.3, -0.25) is 4.79 Å². The summed E-state index contributed by atoms with van der Waals surface area (Å²) < 4.78 is 33.0. The molecule has 2 rings (SSSR count). The summed E-state index contributed by atoms with van der Waals surface area (Å²) in [6.45, 7) is 6.35. The number of nitrogens with one attached hydrogen (secondary N) is 1. The second kappa shape index (κ2) is 8.31. The zero-order valence-corrected chi connectivity index (χ0v) is 15.6. The Morgan fingerprint density at radius 2 is 1.76 bits per heavy atom. The van der Waals surface area contributed by atoms with Crippen LogP contribution in [0.3, 0.4) is 0 Å². The third-order valence-corrected chi connectivity index (χ3v) is 5.79. The summed E-state index contributed by atoms with van der Waals surface area (Å²) in [6, 6.07) is 10.4. The zero-order valence-electron chi connectivity index (χ0n) is 14.8. The minimum Gasteiger partial charge on any atom is -0.493 e. The molecule has 0 aliphatic heterocycles. The van der Waals surface area contributed by atoms with Crippen LogP contribution in [0.15, 0.2) is 41.3 Å². The van der Waals surface area contributed by atoms with Gasteiger partial charge < -0.3 is 10.1 Å². The van der Waals surface area contributed by atoms with E-state index in [9.17, 15) is 13.2 Å². The molecule has 2 aromatic carbocycles. The second-order valence-electron chi connectivity index (χ2n) is 5.43. The van der Waals surface area contributed by atoms with Gasteiger partial charge in [0.15, 0.2) is 0 Å². The van der Waals surface area contributed by atoms with Crippen LogP contribution in [0.4, 0.5) is 0 Å². The van der Waals surface area contributed by atoms with E-state index in [2.05, 4.69) is 5.32 Å². The van der Waals surface area contributed by atoms with Crippen LogP contribution < -0.4 is 10.1 Å². The van der Waals surface area contributed by atoms with Gasteiger partial charge in [-0.25, -0.2) is 8.42 Å². The molecule has 0 atom stereocenters. The first kappa shape index (κ1) is 19.2. The molecule has 6 nitrogen and oxygen atoms in total. The summed E-state index contributed by atoms with van der Waals surface area (Å²) in [5, 5.41) is 3.95. The maximum atomic E-state index is 13.1. The predicted molar refractivity (Wildman–Crippen MR) is 98.2 cm³/mol. The summed E-state index contributed by atoms with van der Waals surface area (Å²) >= 11 is 0. The maximum Gasteiger partial charge on any atom is 0.244 e. The lowest BCUT2D eigenvalue weighted by molar-refractivity contribution is -0.121. The van der Waals surface area contributed by atoms with Gasteiger partial charge in [0.2, 0.25) is 15.9 Å². The second-order valence-corrected chi connectivity index (χ2v) is 7.33. The smallest absolute Gasteiger partial charge is 0.244 e. The SMILES string of the molecule is CCNC(=O)CN(CC)S(=O)(=O)c1ccc(OCC)c2ccccc12. The van der Waals surface area contributed by atoms with E-state index in [-0.39, 0.29) is 23.9 Å². The van der Waals surface area contributed by atoms with Gasteiger partial charge in [-0.15, -0.1) is 0 Å². The van der Waals surface area contributed by atoms with E-state index in [1.807, 2.05) is 19.1 Å². The Morgan fingerprint density at radius 3 is 2.36 bits per heavy atom. The van der Waals surface area contributed by atoms with Crippen molar-refractivity contribution in [2.45, 2.75) is 25.7 Å². The lowest BCUT2D eigenvalue weighted by atomic mass is 10.1. The molecule has 0 saturated heterocycles. The Morgan fingerprint density at radius 1 is 1.08 bits per heavy atom. The molecule has 0 saturated carbocycles. The van der Waals surface area contributed by atoms with Crippen LogP contribution in [0.2, 0.25) is 0 Å². The monoisotopic (exact) mass is 364 g/mol. The number of carbonyl (C=O) groups excluding carboxylic acids is 1. The molecule has 0 unspecified atom stereocenters. The molecular formula is C18H24N2O4S. The molecule has 0 spiro atoms. The van der Waals surface area contributed by atoms with E-state index in [0.29, 0.717) is 24.3 Å². The van der Waals surface area contributed by atoms with Crippen molar-refractivity contribution in [3.05, 3.63) is 36.4 Å². The molecule has 0 aliphatic carbocycles. The molecule has 0 aromatic heterocycles. The van der Waals surface area contributed by atoms with Crippen LogP contribution in [0, 0.1) is 0 Å². The van der Waals surface area contributed by atoms with Gasteiger partial charge in [0.25, 0.3) is 0 Å². The van der Waals surface area contributed by atoms with E-state index in [4.69, 9.17) is 4.74 Å². The number of ether oxygens (including phenoxy) is 1. The Kier molecular flexibility index (Phi) is 6.39. The highest BCUT2D eigenvalue weighted by molar-refractivity contribution is 7.89. The van der Waals surface area contributed by atoms with Crippen LogP contribution >= 0.6 is 0 Å². The number of benzene rings is 2. The van der Waals surface area contributed by atoms with Crippen molar-refractivity contribution in [3.63, 3.8) is 0 Å². The van der Waals surface area contributed by atoms with Gasteiger partial charge in [-0.05, 0) is 26.0 Å². The Hall–Kier alpha value is -2.12. The fourth-order valence-electron chi connectivity index (χ4n) is 2.67. The third-order valence-electron chi connectivity index (χ3n) is 3.81. The summed E-state index contributed by atoms with van der Waals surface area (Å²) in [7, 11) is -3.81. The van der Waals surface area contributed by atoms with Crippen molar-refractivity contribution in [2.75, 3.05) is 26.2 Å². The summed E-state index contributed by atoms with van der Waals surface area (Å²) in [5.41, 5.74) is 0. The fraction of sp³-hybridized carbons (Fsp3) is 0.389. The highest BCUT2D eigenvalue weighted by atomic mass is 32.2. The average molecular weight is 364 g/mol. The standard InChI is InChI=1S/C18H24N2O4S/c1-4-19-18(21)13-20(5-2)25(22,23)17-12-11-16(24-6-3)14-9-7-8-10-15(14)17/h7-12H,4-6,13H2,1-3H3,(H,19,21). The number of rotatable bonds is 8. The summed E-state index contributed by atoms with van der Waals surface area (Å²) in [4.78, 5) is 12.0. The molecule has 0 heterocycles. The summed E-state index contributed by atoms with van der Waals surface area (Å²) in [6.07, 6.45) is 0. The van der Waals surface area contributed by atoms with Gasteiger partial charge in [0.1, 0.15) is 5.75 Å². The van der Waals surface area contributed by atoms with Gasteiger partial charge >= 0.3 is 0 Å². The van der Waals surface area contributed by atoms with E-state index in [0.717, 1.165) is 5.39 Å². The van der Waals surface area contributed by atoms with Crippen LogP contribution in [-0.2, 0) is 14.8 Å². The number of carbonyl (C=O) groups is 1. The van der Waals surface area contributed by atoms with Gasteiger partial charge in [0, 0.05) is 23.9 Å². The molecule has 7 heteroatoms. The number of hydrogen-bond donors (Lipinski definition) is 1. The number of amides is 1. The molecule has 1 N–H and O–H groups in total. The first-order valence-corrected chi connectivity index (χ1v) is 9.81. The predicted octanol–water partition coefficient (Wildman–Crippen LogP) is 2.39. The van der Waals surface area contributed by atoms with Crippen LogP contribution in [0.5, 0.6) is 5.75 Å². The number of sulfonamides is 1. The van der Waals surface area contributed by atoms with E-state index >= 15 is 0 Å². The normalized spacial score (nSPS) is 11.7. The summed E-state index contributed by atoms with van der Waals surface area (Å²) in [5.74, 6) is 0.326. The number of nitrogens with zero attached hydrogens (tertiary/aromatic N) is 1. The first-order chi connectivity index (χ1) is 12.0. The van der Waals surface area contributed by atoms with Crippen molar-refractivity contribution < 1.29 is 17.9 Å². The quantitative estimate of drug-likeness (QED) is 0.780. The molecule has 2 aromatic rings. The lowest BCUT2D eigenvalue weighted by Gasteiger charge is -2.21. The van der Waals surface area contributed by atoms with Gasteiger partial charge in [-0.1, -0.05) is 31.2 Å². The molecule has 25 heavy (non-hydrogen) atoms. The molecule has 0 fully saturated rings. The van der Waals surface area contributed by atoms with Crippen molar-refractivity contribution >= 4 is 26.7 Å². The third kappa shape index (κ3) is 4.11. The fourth-order valence-corrected chi connectivity index (χ4v) is 4.27. The molecule has 0 radical (unpaired) electrons. The van der Waals surface area contributed by atoms with E-state index < -0.39 is 10.0 Å². The van der Waals surface area contributed by atoms with Crippen molar-refractivity contribution in [2.24, 2.45) is 0 Å². The number of fused-ring (bicyclic) bond motifs is 1. The minimum atomic E-state index is -3.81. The Balaban J connectivity index is 2.52. The van der Waals surface area contributed by atoms with E-state index in [1.54, 1.807) is 38.1 Å². The zero-order chi connectivity index (χ0) is 18.4. The highest BCUT2D eigenvalue weighted by Crippen LogP contribution is 2.32. The molecular weight excluding hydrogens is 340 g/mol. The largest absolute Gasteiger partial charge is 0.493 e. The Bertz CT molecular complexity index is 849.